The highest BCUT2D eigenvalue weighted by Gasteiger charge is 2.21. The fourth-order valence-corrected chi connectivity index (χ4v) is 2.24. The van der Waals surface area contributed by atoms with Crippen molar-refractivity contribution in [3.8, 4) is 5.69 Å². The first kappa shape index (κ1) is 15.0. The molecule has 23 heavy (non-hydrogen) atoms. The Morgan fingerprint density at radius 3 is 2.61 bits per heavy atom. The number of carbonyl (C=O) groups is 1. The van der Waals surface area contributed by atoms with Crippen LogP contribution in [0.2, 0.25) is 0 Å². The molecule has 2 aromatic heterocycles. The molecule has 0 radical (unpaired) electrons. The van der Waals surface area contributed by atoms with Gasteiger partial charge in [0.25, 0.3) is 5.91 Å². The fraction of sp³-hybridized carbons (Fsp3) is 0.250. The van der Waals surface area contributed by atoms with Crippen molar-refractivity contribution in [3.05, 3.63) is 59.2 Å². The van der Waals surface area contributed by atoms with E-state index in [-0.39, 0.29) is 5.91 Å². The summed E-state index contributed by atoms with van der Waals surface area (Å²) < 4.78 is 5.02. The lowest BCUT2D eigenvalue weighted by Gasteiger charge is -2.13. The Kier molecular flexibility index (Phi) is 3.92. The molecule has 118 valence electrons. The minimum absolute atomic E-state index is 0.203. The molecule has 1 amide bonds. The van der Waals surface area contributed by atoms with E-state index < -0.39 is 0 Å². The maximum absolute atomic E-state index is 12.6. The van der Waals surface area contributed by atoms with Gasteiger partial charge in [0.15, 0.2) is 5.69 Å². The van der Waals surface area contributed by atoms with Crippen LogP contribution >= 0.6 is 0 Å². The number of carbonyl (C=O) groups excluding carboxylic acids is 1. The van der Waals surface area contributed by atoms with Crippen molar-refractivity contribution in [3.63, 3.8) is 0 Å². The van der Waals surface area contributed by atoms with Gasteiger partial charge in [0, 0.05) is 13.1 Å². The van der Waals surface area contributed by atoms with Gasteiger partial charge in [-0.2, -0.15) is 9.90 Å². The van der Waals surface area contributed by atoms with Crippen LogP contribution in [0.5, 0.6) is 0 Å². The molecule has 0 unspecified atom stereocenters. The largest absolute Gasteiger partial charge is 0.361 e. The van der Waals surface area contributed by atoms with E-state index in [9.17, 15) is 4.79 Å². The summed E-state index contributed by atoms with van der Waals surface area (Å²) in [5.41, 5.74) is 2.43. The third-order valence-corrected chi connectivity index (χ3v) is 3.39. The summed E-state index contributed by atoms with van der Waals surface area (Å²) in [6.07, 6.45) is 0. The number of para-hydroxylation sites is 1. The predicted molar refractivity (Wildman–Crippen MR) is 83.1 cm³/mol. The Hall–Kier alpha value is -2.96. The third-order valence-electron chi connectivity index (χ3n) is 3.39. The Labute approximate surface area is 133 Å². The summed E-state index contributed by atoms with van der Waals surface area (Å²) >= 11 is 0. The highest BCUT2D eigenvalue weighted by Crippen LogP contribution is 2.12. The van der Waals surface area contributed by atoms with Crippen molar-refractivity contribution in [1.82, 2.24) is 25.1 Å². The van der Waals surface area contributed by atoms with E-state index in [1.807, 2.05) is 37.3 Å². The van der Waals surface area contributed by atoms with Crippen LogP contribution in [0.3, 0.4) is 0 Å². The molecule has 0 fully saturated rings. The molecule has 3 rings (SSSR count). The van der Waals surface area contributed by atoms with Gasteiger partial charge in [0.1, 0.15) is 11.5 Å². The van der Waals surface area contributed by atoms with Gasteiger partial charge in [0.05, 0.1) is 17.9 Å². The smallest absolute Gasteiger partial charge is 0.276 e. The van der Waals surface area contributed by atoms with Gasteiger partial charge in [-0.05, 0) is 26.0 Å². The average Bonchev–Trinajstić information content (AvgIpc) is 3.13. The number of benzene rings is 1. The maximum Gasteiger partial charge on any atom is 0.276 e. The summed E-state index contributed by atoms with van der Waals surface area (Å²) in [4.78, 5) is 15.6. The number of hydrogen-bond donors (Lipinski definition) is 0. The van der Waals surface area contributed by atoms with Crippen molar-refractivity contribution < 1.29 is 9.32 Å². The topological polar surface area (TPSA) is 77.1 Å². The molecule has 1 aromatic carbocycles. The zero-order valence-electron chi connectivity index (χ0n) is 13.2. The van der Waals surface area contributed by atoms with E-state index in [2.05, 4.69) is 15.4 Å². The Balaban J connectivity index is 1.81. The minimum atomic E-state index is -0.203. The Morgan fingerprint density at radius 2 is 1.96 bits per heavy atom. The van der Waals surface area contributed by atoms with Crippen molar-refractivity contribution in [2.75, 3.05) is 7.05 Å². The van der Waals surface area contributed by atoms with Gasteiger partial charge in [-0.15, -0.1) is 5.10 Å². The Morgan fingerprint density at radius 1 is 1.22 bits per heavy atom. The molecule has 0 saturated carbocycles. The SMILES string of the molecule is Cc1cc(CN(C)C(=O)c2nn(-c3ccccc3)nc2C)no1. The number of aromatic nitrogens is 4. The zero-order chi connectivity index (χ0) is 16.4. The van der Waals surface area contributed by atoms with E-state index in [1.165, 1.54) is 4.80 Å². The molecule has 2 heterocycles. The van der Waals surface area contributed by atoms with Gasteiger partial charge in [0.2, 0.25) is 0 Å². The summed E-state index contributed by atoms with van der Waals surface area (Å²) in [6, 6.07) is 11.3. The standard InChI is InChI=1S/C16H17N5O2/c1-11-9-13(19-23-11)10-20(3)16(22)15-12(2)17-21(18-15)14-7-5-4-6-8-14/h4-9H,10H2,1-3H3. The van der Waals surface area contributed by atoms with E-state index >= 15 is 0 Å². The molecule has 7 nitrogen and oxygen atoms in total. The average molecular weight is 311 g/mol. The van der Waals surface area contributed by atoms with Crippen LogP contribution in [0, 0.1) is 13.8 Å². The quantitative estimate of drug-likeness (QED) is 0.738. The zero-order valence-corrected chi connectivity index (χ0v) is 13.2. The molecular formula is C16H17N5O2. The second kappa shape index (κ2) is 6.04. The summed E-state index contributed by atoms with van der Waals surface area (Å²) in [7, 11) is 1.70. The van der Waals surface area contributed by atoms with Crippen LogP contribution in [0.1, 0.15) is 27.6 Å². The molecule has 0 saturated heterocycles. The Bertz CT molecular complexity index is 822. The molecule has 0 aliphatic carbocycles. The van der Waals surface area contributed by atoms with Crippen LogP contribution in [0.15, 0.2) is 40.9 Å². The number of rotatable bonds is 4. The van der Waals surface area contributed by atoms with Crippen molar-refractivity contribution >= 4 is 5.91 Å². The predicted octanol–water partition coefficient (Wildman–Crippen LogP) is 2.14. The van der Waals surface area contributed by atoms with Gasteiger partial charge < -0.3 is 9.42 Å². The first-order valence-corrected chi connectivity index (χ1v) is 7.21. The summed E-state index contributed by atoms with van der Waals surface area (Å²) in [5.74, 6) is 0.511. The maximum atomic E-state index is 12.6. The van der Waals surface area contributed by atoms with E-state index in [0.717, 1.165) is 5.69 Å². The van der Waals surface area contributed by atoms with E-state index in [4.69, 9.17) is 4.52 Å². The second-order valence-corrected chi connectivity index (χ2v) is 5.35. The normalized spacial score (nSPS) is 10.7. The van der Waals surface area contributed by atoms with E-state index in [0.29, 0.717) is 29.4 Å². The number of amides is 1. The molecule has 0 N–H and O–H groups in total. The van der Waals surface area contributed by atoms with Gasteiger partial charge in [-0.1, -0.05) is 23.4 Å². The fourth-order valence-electron chi connectivity index (χ4n) is 2.24. The van der Waals surface area contributed by atoms with Crippen molar-refractivity contribution in [2.45, 2.75) is 20.4 Å². The van der Waals surface area contributed by atoms with Crippen molar-refractivity contribution in [2.24, 2.45) is 0 Å². The first-order valence-electron chi connectivity index (χ1n) is 7.21. The number of hydrogen-bond acceptors (Lipinski definition) is 5. The lowest BCUT2D eigenvalue weighted by Crippen LogP contribution is -2.27. The molecule has 0 atom stereocenters. The third kappa shape index (κ3) is 3.13. The van der Waals surface area contributed by atoms with Crippen LogP contribution in [-0.2, 0) is 6.54 Å². The van der Waals surface area contributed by atoms with Crippen LogP contribution in [0.4, 0.5) is 0 Å². The summed E-state index contributed by atoms with van der Waals surface area (Å²) in [6.45, 7) is 3.94. The molecular weight excluding hydrogens is 294 g/mol. The second-order valence-electron chi connectivity index (χ2n) is 5.35. The lowest BCUT2D eigenvalue weighted by molar-refractivity contribution is 0.0775. The molecule has 0 aliphatic heterocycles. The van der Waals surface area contributed by atoms with Crippen LogP contribution < -0.4 is 0 Å². The molecule has 0 aliphatic rings. The van der Waals surface area contributed by atoms with Crippen LogP contribution in [0.25, 0.3) is 5.69 Å². The molecule has 3 aromatic rings. The van der Waals surface area contributed by atoms with E-state index in [1.54, 1.807) is 24.9 Å². The minimum Gasteiger partial charge on any atom is -0.361 e. The molecule has 7 heteroatoms. The number of aryl methyl sites for hydroxylation is 2. The van der Waals surface area contributed by atoms with Crippen molar-refractivity contribution in [1.29, 1.82) is 0 Å². The lowest BCUT2D eigenvalue weighted by atomic mass is 10.3. The highest BCUT2D eigenvalue weighted by atomic mass is 16.5. The summed E-state index contributed by atoms with van der Waals surface area (Å²) in [5, 5.41) is 12.5. The number of nitrogens with zero attached hydrogens (tertiary/aromatic N) is 5. The van der Waals surface area contributed by atoms with Crippen LogP contribution in [-0.4, -0.2) is 38.0 Å². The highest BCUT2D eigenvalue weighted by molar-refractivity contribution is 5.93. The monoisotopic (exact) mass is 311 g/mol. The van der Waals surface area contributed by atoms with Gasteiger partial charge in [-0.25, -0.2) is 0 Å². The first-order chi connectivity index (χ1) is 11.0. The van der Waals surface area contributed by atoms with Gasteiger partial charge in [-0.3, -0.25) is 4.79 Å². The van der Waals surface area contributed by atoms with Gasteiger partial charge >= 0.3 is 0 Å². The molecule has 0 spiro atoms. The molecule has 0 bridgehead atoms.